The zero-order chi connectivity index (χ0) is 17.1. The molecule has 0 saturated carbocycles. The molecule has 0 radical (unpaired) electrons. The minimum absolute atomic E-state index is 0.0791. The highest BCUT2D eigenvalue weighted by Gasteiger charge is 2.12. The second kappa shape index (κ2) is 17.2. The summed E-state index contributed by atoms with van der Waals surface area (Å²) in [6.07, 6.45) is 27.0. The summed E-state index contributed by atoms with van der Waals surface area (Å²) in [7, 11) is 0. The third-order valence-corrected chi connectivity index (χ3v) is 4.56. The van der Waals surface area contributed by atoms with E-state index in [1.54, 1.807) is 0 Å². The van der Waals surface area contributed by atoms with E-state index in [1.165, 1.54) is 77.0 Å². The maximum absolute atomic E-state index is 5.74. The number of allylic oxidation sites excluding steroid dienone is 4. The van der Waals surface area contributed by atoms with Crippen molar-refractivity contribution in [3.05, 3.63) is 24.3 Å². The van der Waals surface area contributed by atoms with Crippen molar-refractivity contribution < 1.29 is 9.47 Å². The average Bonchev–Trinajstić information content (AvgIpc) is 2.62. The molecule has 2 nitrogen and oxygen atoms in total. The van der Waals surface area contributed by atoms with Gasteiger partial charge in [0.15, 0.2) is 6.29 Å². The Balaban J connectivity index is 1.78. The van der Waals surface area contributed by atoms with Gasteiger partial charge in [-0.15, -0.1) is 0 Å². The quantitative estimate of drug-likeness (QED) is 0.238. The van der Waals surface area contributed by atoms with E-state index in [0.717, 1.165) is 26.1 Å². The van der Waals surface area contributed by atoms with Crippen LogP contribution in [0.15, 0.2) is 24.3 Å². The molecule has 0 aromatic rings. The summed E-state index contributed by atoms with van der Waals surface area (Å²) >= 11 is 0. The van der Waals surface area contributed by atoms with E-state index in [4.69, 9.17) is 9.47 Å². The first kappa shape index (κ1) is 21.4. The van der Waals surface area contributed by atoms with Crippen LogP contribution in [0.1, 0.15) is 96.8 Å². The Hall–Kier alpha value is -0.600. The minimum Gasteiger partial charge on any atom is -0.353 e. The van der Waals surface area contributed by atoms with Gasteiger partial charge in [0.05, 0.1) is 0 Å². The maximum atomic E-state index is 5.74. The van der Waals surface area contributed by atoms with Gasteiger partial charge < -0.3 is 9.47 Å². The van der Waals surface area contributed by atoms with Crippen LogP contribution >= 0.6 is 0 Å². The Morgan fingerprint density at radius 1 is 0.833 bits per heavy atom. The molecule has 0 aromatic carbocycles. The molecule has 1 aliphatic rings. The van der Waals surface area contributed by atoms with Gasteiger partial charge in [-0.1, -0.05) is 69.8 Å². The topological polar surface area (TPSA) is 18.5 Å². The SMILES string of the molecule is CCCCCCCC/C=C\C=C\CCCCCOC1CCCCO1. The lowest BCUT2D eigenvalue weighted by molar-refractivity contribution is -0.162. The fourth-order valence-electron chi connectivity index (χ4n) is 2.99. The number of ether oxygens (including phenoxy) is 2. The molecule has 1 unspecified atom stereocenters. The highest BCUT2D eigenvalue weighted by molar-refractivity contribution is 5.02. The van der Waals surface area contributed by atoms with E-state index in [1.807, 2.05) is 0 Å². The number of rotatable bonds is 15. The molecule has 1 fully saturated rings. The van der Waals surface area contributed by atoms with Gasteiger partial charge in [-0.25, -0.2) is 0 Å². The molecule has 0 N–H and O–H groups in total. The molecule has 1 rings (SSSR count). The first-order valence-corrected chi connectivity index (χ1v) is 10.5. The van der Waals surface area contributed by atoms with Gasteiger partial charge in [0.2, 0.25) is 0 Å². The van der Waals surface area contributed by atoms with Crippen LogP contribution in [-0.4, -0.2) is 19.5 Å². The first-order valence-electron chi connectivity index (χ1n) is 10.5. The van der Waals surface area contributed by atoms with Gasteiger partial charge in [0.25, 0.3) is 0 Å². The third kappa shape index (κ3) is 13.8. The van der Waals surface area contributed by atoms with Crippen molar-refractivity contribution in [2.24, 2.45) is 0 Å². The molecule has 0 spiro atoms. The monoisotopic (exact) mass is 336 g/mol. The smallest absolute Gasteiger partial charge is 0.157 e. The lowest BCUT2D eigenvalue weighted by atomic mass is 10.1. The molecule has 1 aliphatic heterocycles. The van der Waals surface area contributed by atoms with E-state index in [-0.39, 0.29) is 6.29 Å². The summed E-state index contributed by atoms with van der Waals surface area (Å²) in [5.41, 5.74) is 0. The minimum atomic E-state index is 0.0791. The van der Waals surface area contributed by atoms with Crippen molar-refractivity contribution in [3.8, 4) is 0 Å². The zero-order valence-corrected chi connectivity index (χ0v) is 16.0. The molecule has 2 heteroatoms. The summed E-state index contributed by atoms with van der Waals surface area (Å²) in [5, 5.41) is 0. The molecule has 0 aliphatic carbocycles. The second-order valence-electron chi connectivity index (χ2n) is 6.93. The van der Waals surface area contributed by atoms with Crippen molar-refractivity contribution >= 4 is 0 Å². The molecule has 0 aromatic heterocycles. The summed E-state index contributed by atoms with van der Waals surface area (Å²) in [4.78, 5) is 0. The van der Waals surface area contributed by atoms with E-state index < -0.39 is 0 Å². The molecule has 1 atom stereocenters. The highest BCUT2D eigenvalue weighted by atomic mass is 16.7. The molecule has 24 heavy (non-hydrogen) atoms. The normalized spacial score (nSPS) is 18.8. The Labute approximate surface area is 150 Å². The molecule has 0 amide bonds. The summed E-state index contributed by atoms with van der Waals surface area (Å²) in [5.74, 6) is 0. The van der Waals surface area contributed by atoms with Crippen LogP contribution in [0.3, 0.4) is 0 Å². The number of unbranched alkanes of at least 4 members (excludes halogenated alkanes) is 9. The van der Waals surface area contributed by atoms with Crippen molar-refractivity contribution in [1.29, 1.82) is 0 Å². The lowest BCUT2D eigenvalue weighted by Gasteiger charge is -2.22. The molecule has 1 saturated heterocycles. The van der Waals surface area contributed by atoms with Crippen LogP contribution < -0.4 is 0 Å². The van der Waals surface area contributed by atoms with E-state index in [9.17, 15) is 0 Å². The highest BCUT2D eigenvalue weighted by Crippen LogP contribution is 2.14. The second-order valence-corrected chi connectivity index (χ2v) is 6.93. The molecule has 140 valence electrons. The number of hydrogen-bond donors (Lipinski definition) is 0. The fraction of sp³-hybridized carbons (Fsp3) is 0.818. The molecular formula is C22H40O2. The van der Waals surface area contributed by atoms with E-state index in [2.05, 4.69) is 31.2 Å². The summed E-state index contributed by atoms with van der Waals surface area (Å²) < 4.78 is 11.3. The first-order chi connectivity index (χ1) is 11.9. The van der Waals surface area contributed by atoms with Gasteiger partial charge in [0.1, 0.15) is 0 Å². The Kier molecular flexibility index (Phi) is 15.4. The summed E-state index contributed by atoms with van der Waals surface area (Å²) in [6.45, 7) is 4.00. The average molecular weight is 337 g/mol. The standard InChI is InChI=1S/C22H40O2/c1-2-3-4-5-6-7-8-9-10-11-12-13-14-15-17-20-23-22-19-16-18-21-24-22/h9-12,22H,2-8,13-21H2,1H3/b10-9-,12-11+. The zero-order valence-electron chi connectivity index (χ0n) is 16.0. The summed E-state index contributed by atoms with van der Waals surface area (Å²) in [6, 6.07) is 0. The van der Waals surface area contributed by atoms with Gasteiger partial charge in [-0.2, -0.15) is 0 Å². The van der Waals surface area contributed by atoms with Crippen LogP contribution in [0.25, 0.3) is 0 Å². The van der Waals surface area contributed by atoms with Crippen LogP contribution in [-0.2, 0) is 9.47 Å². The van der Waals surface area contributed by atoms with Crippen LogP contribution in [0.5, 0.6) is 0 Å². The van der Waals surface area contributed by atoms with Crippen LogP contribution in [0.4, 0.5) is 0 Å². The molecule has 1 heterocycles. The van der Waals surface area contributed by atoms with Crippen LogP contribution in [0, 0.1) is 0 Å². The van der Waals surface area contributed by atoms with Crippen molar-refractivity contribution in [2.75, 3.05) is 13.2 Å². The largest absolute Gasteiger partial charge is 0.353 e. The predicted molar refractivity (Wildman–Crippen MR) is 104 cm³/mol. The Bertz CT molecular complexity index is 303. The lowest BCUT2D eigenvalue weighted by Crippen LogP contribution is -2.22. The third-order valence-electron chi connectivity index (χ3n) is 4.56. The maximum Gasteiger partial charge on any atom is 0.157 e. The Morgan fingerprint density at radius 3 is 2.17 bits per heavy atom. The van der Waals surface area contributed by atoms with E-state index in [0.29, 0.717) is 0 Å². The molecular weight excluding hydrogens is 296 g/mol. The van der Waals surface area contributed by atoms with Crippen molar-refractivity contribution in [3.63, 3.8) is 0 Å². The Morgan fingerprint density at radius 2 is 1.50 bits per heavy atom. The van der Waals surface area contributed by atoms with E-state index >= 15 is 0 Å². The van der Waals surface area contributed by atoms with Gasteiger partial charge >= 0.3 is 0 Å². The molecule has 0 bridgehead atoms. The fourth-order valence-corrected chi connectivity index (χ4v) is 2.99. The van der Waals surface area contributed by atoms with Gasteiger partial charge in [-0.3, -0.25) is 0 Å². The van der Waals surface area contributed by atoms with Gasteiger partial charge in [0, 0.05) is 13.2 Å². The number of hydrogen-bond acceptors (Lipinski definition) is 2. The van der Waals surface area contributed by atoms with Crippen LogP contribution in [0.2, 0.25) is 0 Å². The van der Waals surface area contributed by atoms with Crippen molar-refractivity contribution in [2.45, 2.75) is 103 Å². The van der Waals surface area contributed by atoms with Crippen molar-refractivity contribution in [1.82, 2.24) is 0 Å². The predicted octanol–water partition coefficient (Wildman–Crippen LogP) is 6.95. The van der Waals surface area contributed by atoms with Gasteiger partial charge in [-0.05, 0) is 51.4 Å².